The summed E-state index contributed by atoms with van der Waals surface area (Å²) in [5, 5.41) is 0. The Balaban J connectivity index is 0.00000220. The molecule has 0 saturated heterocycles. The van der Waals surface area contributed by atoms with E-state index in [1.165, 1.54) is 32.1 Å². The van der Waals surface area contributed by atoms with Crippen molar-refractivity contribution in [1.29, 1.82) is 0 Å². The van der Waals surface area contributed by atoms with Gasteiger partial charge in [0, 0.05) is 0 Å². The number of allylic oxidation sites excluding steroid dienone is 8. The van der Waals surface area contributed by atoms with Gasteiger partial charge in [-0.15, -0.1) is 24.8 Å². The van der Waals surface area contributed by atoms with Crippen molar-refractivity contribution >= 4 is 30.2 Å². The van der Waals surface area contributed by atoms with Crippen LogP contribution < -0.4 is 0 Å². The topological polar surface area (TPSA) is 0 Å². The first kappa shape index (κ1) is 22.6. The second kappa shape index (κ2) is 10.5. The molecular weight excluding hydrogens is 406 g/mol. The molecule has 2 aliphatic carbocycles. The van der Waals surface area contributed by atoms with Crippen LogP contribution in [-0.4, -0.2) is 5.43 Å². The van der Waals surface area contributed by atoms with E-state index in [1.807, 2.05) is 6.56 Å². The Hall–Kier alpha value is 0.640. The van der Waals surface area contributed by atoms with Gasteiger partial charge in [0.2, 0.25) is 0 Å². The summed E-state index contributed by atoms with van der Waals surface area (Å²) in [7, 11) is 0. The molecule has 0 unspecified atom stereocenters. The molecule has 0 aromatic carbocycles. The predicted molar refractivity (Wildman–Crippen MR) is 103 cm³/mol. The van der Waals surface area contributed by atoms with E-state index < -0.39 is 20.4 Å². The van der Waals surface area contributed by atoms with E-state index in [-0.39, 0.29) is 30.2 Å². The van der Waals surface area contributed by atoms with E-state index in [9.17, 15) is 0 Å². The summed E-state index contributed by atoms with van der Waals surface area (Å²) in [5.74, 6) is 0. The van der Waals surface area contributed by atoms with Gasteiger partial charge in [-0.2, -0.15) is 0 Å². The van der Waals surface area contributed by atoms with Crippen LogP contribution in [-0.2, 0) is 20.4 Å². The van der Waals surface area contributed by atoms with Gasteiger partial charge in [0.15, 0.2) is 0 Å². The van der Waals surface area contributed by atoms with Gasteiger partial charge in [-0.1, -0.05) is 0 Å². The molecule has 124 valence electrons. The molecule has 2 rings (SSSR count). The average Bonchev–Trinajstić information content (AvgIpc) is 3.05. The molecule has 0 amide bonds. The Bertz CT molecular complexity index is 562. The van der Waals surface area contributed by atoms with Gasteiger partial charge in [-0.3, -0.25) is 0 Å². The van der Waals surface area contributed by atoms with Crippen LogP contribution in [0.5, 0.6) is 0 Å². The summed E-state index contributed by atoms with van der Waals surface area (Å²) in [6, 6.07) is 0. The number of rotatable bonds is 5. The molecule has 0 heterocycles. The molecule has 0 bridgehead atoms. The third kappa shape index (κ3) is 4.59. The zero-order valence-electron chi connectivity index (χ0n) is 14.6. The molecule has 4 heteroatoms. The molecular formula is C18H30Cl2SiZr. The normalized spacial score (nSPS) is 16.5. The van der Waals surface area contributed by atoms with Gasteiger partial charge >= 0.3 is 133 Å². The van der Waals surface area contributed by atoms with Crippen molar-refractivity contribution < 1.29 is 20.4 Å². The molecule has 0 aromatic heterocycles. The molecule has 0 aromatic rings. The standard InChI is InChI=1S/C11H17.C5H5.C2H6Si.2ClH.Zr/c1-4-9-7-8-10(5-2)11(9)6-3;1-2-4-5-3-1;1-3-2;;;/h4-7H2,1-3H3;1-3H,4H2;1-2H3;2*1H;. The monoisotopic (exact) mass is 434 g/mol. The molecule has 0 atom stereocenters. The second-order valence-corrected chi connectivity index (χ2v) is 23.2. The van der Waals surface area contributed by atoms with Crippen LogP contribution in [0.4, 0.5) is 0 Å². The van der Waals surface area contributed by atoms with Crippen LogP contribution in [0.15, 0.2) is 41.5 Å². The van der Waals surface area contributed by atoms with Crippen molar-refractivity contribution in [1.82, 2.24) is 0 Å². The first-order chi connectivity index (χ1) is 9.63. The summed E-state index contributed by atoms with van der Waals surface area (Å²) in [6.07, 6.45) is 13.6. The van der Waals surface area contributed by atoms with Gasteiger partial charge in [-0.25, -0.2) is 0 Å². The molecule has 0 aliphatic heterocycles. The molecule has 0 spiro atoms. The summed E-state index contributed by atoms with van der Waals surface area (Å²) in [5.41, 5.74) is 5.18. The third-order valence-electron chi connectivity index (χ3n) is 4.57. The van der Waals surface area contributed by atoms with Gasteiger partial charge in [0.05, 0.1) is 0 Å². The number of halogens is 2. The van der Waals surface area contributed by atoms with Gasteiger partial charge in [-0.05, 0) is 0 Å². The summed E-state index contributed by atoms with van der Waals surface area (Å²) in [6.45, 7) is 12.2. The van der Waals surface area contributed by atoms with E-state index in [4.69, 9.17) is 0 Å². The predicted octanol–water partition coefficient (Wildman–Crippen LogP) is 6.73. The maximum Gasteiger partial charge on any atom is -0.147 e. The van der Waals surface area contributed by atoms with E-state index >= 15 is 0 Å². The maximum absolute atomic E-state index is 2.58. The number of hydrogen-bond donors (Lipinski definition) is 0. The van der Waals surface area contributed by atoms with E-state index in [0.29, 0.717) is 0 Å². The molecule has 22 heavy (non-hydrogen) atoms. The zero-order chi connectivity index (χ0) is 14.7. The van der Waals surface area contributed by atoms with Gasteiger partial charge in [0.25, 0.3) is 0 Å². The van der Waals surface area contributed by atoms with Crippen LogP contribution in [0.1, 0.15) is 52.9 Å². The fraction of sp³-hybridized carbons (Fsp3) is 0.556. The Morgan fingerprint density at radius 1 is 1.00 bits per heavy atom. The summed E-state index contributed by atoms with van der Waals surface area (Å²) >= 11 is -1.53. The van der Waals surface area contributed by atoms with Crippen LogP contribution in [0, 0.1) is 0 Å². The molecule has 0 N–H and O–H groups in total. The van der Waals surface area contributed by atoms with Gasteiger partial charge < -0.3 is 0 Å². The zero-order valence-corrected chi connectivity index (χ0v) is 19.7. The molecule has 0 fully saturated rings. The first-order valence-corrected chi connectivity index (χ1v) is 16.8. The quantitative estimate of drug-likeness (QED) is 0.419. The Labute approximate surface area is 157 Å². The molecule has 0 radical (unpaired) electrons. The summed E-state index contributed by atoms with van der Waals surface area (Å²) in [4.78, 5) is 0. The maximum atomic E-state index is 2.58. The Kier molecular flexibility index (Phi) is 10.8. The first-order valence-electron chi connectivity index (χ1n) is 8.11. The second-order valence-electron chi connectivity index (χ2n) is 5.98. The van der Waals surface area contributed by atoms with Crippen molar-refractivity contribution in [3.63, 3.8) is 0 Å². The van der Waals surface area contributed by atoms with Crippen molar-refractivity contribution in [3.8, 4) is 0 Å². The van der Waals surface area contributed by atoms with E-state index in [1.54, 1.807) is 16.7 Å². The smallest absolute Gasteiger partial charge is 0.147 e. The SMILES string of the molecule is CCC1=C(CC)C(CC)=[C]([Zr]([C]2=CC=CC2)=[Si](C)C)C1.Cl.Cl. The van der Waals surface area contributed by atoms with Crippen molar-refractivity contribution in [2.45, 2.75) is 66.0 Å². The number of hydrogen-bond acceptors (Lipinski definition) is 0. The molecule has 0 nitrogen and oxygen atoms in total. The minimum Gasteiger partial charge on any atom is -0.147 e. The van der Waals surface area contributed by atoms with Gasteiger partial charge in [0.1, 0.15) is 0 Å². The minimum atomic E-state index is -1.53. The van der Waals surface area contributed by atoms with Crippen LogP contribution in [0.2, 0.25) is 13.1 Å². The van der Waals surface area contributed by atoms with E-state index in [2.05, 4.69) is 52.1 Å². The molecule has 0 saturated carbocycles. The van der Waals surface area contributed by atoms with Crippen molar-refractivity contribution in [2.75, 3.05) is 0 Å². The summed E-state index contributed by atoms with van der Waals surface area (Å²) < 4.78 is 3.86. The van der Waals surface area contributed by atoms with Crippen LogP contribution in [0.3, 0.4) is 0 Å². The Morgan fingerprint density at radius 2 is 1.64 bits per heavy atom. The fourth-order valence-corrected chi connectivity index (χ4v) is 21.6. The van der Waals surface area contributed by atoms with Crippen molar-refractivity contribution in [3.05, 3.63) is 41.5 Å². The van der Waals surface area contributed by atoms with Crippen LogP contribution >= 0.6 is 24.8 Å². The van der Waals surface area contributed by atoms with Crippen LogP contribution in [0.25, 0.3) is 0 Å². The Morgan fingerprint density at radius 3 is 2.05 bits per heavy atom. The van der Waals surface area contributed by atoms with E-state index in [0.717, 1.165) is 0 Å². The van der Waals surface area contributed by atoms with Crippen molar-refractivity contribution in [2.24, 2.45) is 0 Å². The fourth-order valence-electron chi connectivity index (χ4n) is 3.74. The average molecular weight is 437 g/mol. The third-order valence-corrected chi connectivity index (χ3v) is 21.8. The largest absolute Gasteiger partial charge is 0.147 e. The minimum absolute atomic E-state index is 0. The molecule has 2 aliphatic rings.